The van der Waals surface area contributed by atoms with Crippen LogP contribution in [0.3, 0.4) is 0 Å². The van der Waals surface area contributed by atoms with Crippen LogP contribution in [0, 0.1) is 0 Å². The van der Waals surface area contributed by atoms with Crippen molar-refractivity contribution < 1.29 is 13.2 Å². The largest absolute Gasteiger partial charge is 0.489 e. The summed E-state index contributed by atoms with van der Waals surface area (Å²) in [4.78, 5) is 0.208. The molecule has 1 saturated heterocycles. The quantitative estimate of drug-likeness (QED) is 0.814. The first-order valence-corrected chi connectivity index (χ1v) is 10.5. The minimum atomic E-state index is -3.66. The number of nitrogens with zero attached hydrogens (tertiary/aromatic N) is 1. The second-order valence-corrected chi connectivity index (χ2v) is 9.37. The van der Waals surface area contributed by atoms with Crippen molar-refractivity contribution in [2.75, 3.05) is 13.1 Å². The van der Waals surface area contributed by atoms with Crippen LogP contribution in [0.25, 0.3) is 0 Å². The van der Waals surface area contributed by atoms with Crippen molar-refractivity contribution in [1.82, 2.24) is 4.31 Å². The summed E-state index contributed by atoms with van der Waals surface area (Å²) in [5.41, 5.74) is 8.16. The first-order valence-electron chi connectivity index (χ1n) is 8.66. The monoisotopic (exact) mass is 428 g/mol. The Morgan fingerprint density at radius 3 is 2.59 bits per heavy atom. The lowest BCUT2D eigenvalue weighted by atomic mass is 9.95. The molecule has 0 amide bonds. The van der Waals surface area contributed by atoms with Crippen LogP contribution < -0.4 is 10.5 Å². The molecule has 0 radical (unpaired) electrons. The number of rotatable bonds is 3. The Labute approximate surface area is 170 Å². The molecule has 2 aliphatic heterocycles. The van der Waals surface area contributed by atoms with E-state index in [2.05, 4.69) is 0 Å². The van der Waals surface area contributed by atoms with E-state index in [4.69, 9.17) is 22.1 Å². The predicted molar refractivity (Wildman–Crippen MR) is 108 cm³/mol. The van der Waals surface area contributed by atoms with Crippen molar-refractivity contribution in [3.05, 3.63) is 58.6 Å². The molecule has 2 aromatic carbocycles. The first kappa shape index (κ1) is 20.4. The maximum Gasteiger partial charge on any atom is 0.243 e. The van der Waals surface area contributed by atoms with Gasteiger partial charge in [-0.05, 0) is 24.6 Å². The number of benzene rings is 2. The average Bonchev–Trinajstić information content (AvgIpc) is 3.18. The lowest BCUT2D eigenvalue weighted by Crippen LogP contribution is -2.32. The zero-order valence-electron chi connectivity index (χ0n) is 14.8. The lowest BCUT2D eigenvalue weighted by Gasteiger charge is -2.17. The number of fused-ring (bicyclic) bond motifs is 1. The fraction of sp³-hybridized carbons (Fsp3) is 0.368. The van der Waals surface area contributed by atoms with Gasteiger partial charge in [0.25, 0.3) is 0 Å². The van der Waals surface area contributed by atoms with Crippen molar-refractivity contribution in [1.29, 1.82) is 0 Å². The highest BCUT2D eigenvalue weighted by Crippen LogP contribution is 2.39. The van der Waals surface area contributed by atoms with Crippen LogP contribution >= 0.6 is 24.0 Å². The van der Waals surface area contributed by atoms with E-state index in [-0.39, 0.29) is 35.4 Å². The summed E-state index contributed by atoms with van der Waals surface area (Å²) in [6, 6.07) is 12.7. The molecule has 2 aliphatic rings. The molecule has 5 nitrogen and oxygen atoms in total. The zero-order valence-corrected chi connectivity index (χ0v) is 17.2. The Hall–Kier alpha value is -1.31. The maximum atomic E-state index is 13.2. The molecular weight excluding hydrogens is 407 g/mol. The fourth-order valence-corrected chi connectivity index (χ4v) is 5.73. The standard InChI is InChI=1S/C19H21ClN2O3S.ClH/c1-12-7-14-8-15(9-17(20)19(14)25-12)26(23,24)22-10-16(18(21)11-22)13-5-3-2-4-6-13;/h2-6,8-9,12,16,18H,7,10-11,21H2,1H3;1H/t12?,16-,18+;/m0./s1. The Bertz CT molecular complexity index is 937. The molecule has 2 N–H and O–H groups in total. The third kappa shape index (κ3) is 3.69. The lowest BCUT2D eigenvalue weighted by molar-refractivity contribution is 0.255. The number of halogens is 2. The van der Waals surface area contributed by atoms with Gasteiger partial charge in [0.1, 0.15) is 11.9 Å². The number of ether oxygens (including phenoxy) is 1. The molecule has 2 aromatic rings. The molecule has 1 fully saturated rings. The molecule has 0 aliphatic carbocycles. The van der Waals surface area contributed by atoms with Crippen molar-refractivity contribution in [3.63, 3.8) is 0 Å². The van der Waals surface area contributed by atoms with E-state index in [9.17, 15) is 8.42 Å². The fourth-order valence-electron chi connectivity index (χ4n) is 3.80. The van der Waals surface area contributed by atoms with Crippen LogP contribution in [0.15, 0.2) is 47.4 Å². The van der Waals surface area contributed by atoms with Crippen LogP contribution in [-0.2, 0) is 16.4 Å². The van der Waals surface area contributed by atoms with Gasteiger partial charge in [0.15, 0.2) is 0 Å². The van der Waals surface area contributed by atoms with Crippen molar-refractivity contribution in [3.8, 4) is 5.75 Å². The first-order chi connectivity index (χ1) is 12.4. The van der Waals surface area contributed by atoms with E-state index in [0.29, 0.717) is 30.3 Å². The highest BCUT2D eigenvalue weighted by Gasteiger charge is 2.39. The van der Waals surface area contributed by atoms with Crippen LogP contribution in [0.2, 0.25) is 5.02 Å². The van der Waals surface area contributed by atoms with Gasteiger partial charge in [-0.2, -0.15) is 4.31 Å². The molecule has 0 spiro atoms. The minimum absolute atomic E-state index is 0. The Morgan fingerprint density at radius 1 is 1.19 bits per heavy atom. The summed E-state index contributed by atoms with van der Waals surface area (Å²) in [5.74, 6) is 0.581. The summed E-state index contributed by atoms with van der Waals surface area (Å²) in [7, 11) is -3.66. The Morgan fingerprint density at radius 2 is 1.89 bits per heavy atom. The predicted octanol–water partition coefficient (Wildman–Crippen LogP) is 3.20. The summed E-state index contributed by atoms with van der Waals surface area (Å²) >= 11 is 6.27. The van der Waals surface area contributed by atoms with E-state index in [1.54, 1.807) is 6.07 Å². The molecule has 0 aromatic heterocycles. The second-order valence-electron chi connectivity index (χ2n) is 7.03. The number of hydrogen-bond acceptors (Lipinski definition) is 4. The van der Waals surface area contributed by atoms with Crippen LogP contribution in [0.1, 0.15) is 24.0 Å². The second kappa shape index (κ2) is 7.60. The van der Waals surface area contributed by atoms with Crippen LogP contribution in [-0.4, -0.2) is 38.0 Å². The van der Waals surface area contributed by atoms with E-state index < -0.39 is 10.0 Å². The Kier molecular flexibility index (Phi) is 5.75. The van der Waals surface area contributed by atoms with Crippen molar-refractivity contribution in [2.45, 2.75) is 36.3 Å². The van der Waals surface area contributed by atoms with Crippen molar-refractivity contribution in [2.24, 2.45) is 5.73 Å². The third-order valence-corrected chi connectivity index (χ3v) is 7.21. The van der Waals surface area contributed by atoms with Gasteiger partial charge in [-0.1, -0.05) is 41.9 Å². The van der Waals surface area contributed by atoms with Gasteiger partial charge in [-0.25, -0.2) is 8.42 Å². The minimum Gasteiger partial charge on any atom is -0.489 e. The average molecular weight is 429 g/mol. The number of sulfonamides is 1. The smallest absolute Gasteiger partial charge is 0.243 e. The number of nitrogens with two attached hydrogens (primary N) is 1. The van der Waals surface area contributed by atoms with Gasteiger partial charge in [0.2, 0.25) is 10.0 Å². The van der Waals surface area contributed by atoms with E-state index in [0.717, 1.165) is 11.1 Å². The van der Waals surface area contributed by atoms with E-state index in [1.807, 2.05) is 37.3 Å². The van der Waals surface area contributed by atoms with Crippen LogP contribution in [0.4, 0.5) is 0 Å². The molecule has 0 bridgehead atoms. The summed E-state index contributed by atoms with van der Waals surface area (Å²) in [5, 5.41) is 0.341. The molecule has 146 valence electrons. The normalized spacial score (nSPS) is 24.9. The van der Waals surface area contributed by atoms with Gasteiger partial charge >= 0.3 is 0 Å². The van der Waals surface area contributed by atoms with Crippen LogP contribution in [0.5, 0.6) is 5.75 Å². The van der Waals surface area contributed by atoms with E-state index in [1.165, 1.54) is 10.4 Å². The van der Waals surface area contributed by atoms with Gasteiger partial charge in [-0.15, -0.1) is 12.4 Å². The van der Waals surface area contributed by atoms with Gasteiger partial charge in [0, 0.05) is 37.0 Å². The van der Waals surface area contributed by atoms with E-state index >= 15 is 0 Å². The summed E-state index contributed by atoms with van der Waals surface area (Å²) in [6.45, 7) is 2.60. The highest BCUT2D eigenvalue weighted by atomic mass is 35.5. The van der Waals surface area contributed by atoms with Gasteiger partial charge in [-0.3, -0.25) is 0 Å². The molecule has 8 heteroatoms. The molecule has 0 saturated carbocycles. The topological polar surface area (TPSA) is 72.6 Å². The Balaban J connectivity index is 0.00000210. The van der Waals surface area contributed by atoms with Gasteiger partial charge in [0.05, 0.1) is 9.92 Å². The molecule has 1 unspecified atom stereocenters. The summed E-state index contributed by atoms with van der Waals surface area (Å²) in [6.07, 6.45) is 0.660. The zero-order chi connectivity index (χ0) is 18.5. The molecule has 2 heterocycles. The number of hydrogen-bond donors (Lipinski definition) is 1. The summed E-state index contributed by atoms with van der Waals surface area (Å²) < 4.78 is 33.4. The highest BCUT2D eigenvalue weighted by molar-refractivity contribution is 7.89. The molecule has 3 atom stereocenters. The molecular formula is C19H22Cl2N2O3S. The maximum absolute atomic E-state index is 13.2. The molecule has 4 rings (SSSR count). The van der Waals surface area contributed by atoms with Gasteiger partial charge < -0.3 is 10.5 Å². The molecule has 27 heavy (non-hydrogen) atoms. The SMILES string of the molecule is CC1Cc2cc(S(=O)(=O)N3C[C@@H](N)[C@H](c4ccccc4)C3)cc(Cl)c2O1.Cl. The third-order valence-electron chi connectivity index (χ3n) is 5.12. The van der Waals surface area contributed by atoms with Crippen molar-refractivity contribution >= 4 is 34.0 Å².